The third-order valence-corrected chi connectivity index (χ3v) is 5.02. The number of hydrogen-bond donors (Lipinski definition) is 11. The van der Waals surface area contributed by atoms with Crippen LogP contribution in [0, 0.1) is 0 Å². The SMILES string of the molecule is N[C@@H](CNC(=O)CCC(NC(=O)N[C@@H](CCC(=O)O)C(=O)O)C(=O)O)C(=O)N[C@@H](CC(=O)O)C(=O)NCCS. The molecular formula is C20H32N6O12S. The molecule has 0 spiro atoms. The fourth-order valence-corrected chi connectivity index (χ4v) is 2.90. The van der Waals surface area contributed by atoms with Gasteiger partial charge in [0.05, 0.1) is 6.42 Å². The molecule has 5 amide bonds. The van der Waals surface area contributed by atoms with E-state index in [1.54, 1.807) is 0 Å². The summed E-state index contributed by atoms with van der Waals surface area (Å²) in [6.45, 7) is -0.340. The molecule has 0 rings (SSSR count). The van der Waals surface area contributed by atoms with Crippen LogP contribution in [0.2, 0.25) is 0 Å². The van der Waals surface area contributed by atoms with E-state index in [4.69, 9.17) is 21.1 Å². The van der Waals surface area contributed by atoms with E-state index in [2.05, 4.69) is 28.6 Å². The van der Waals surface area contributed by atoms with Gasteiger partial charge in [-0.15, -0.1) is 0 Å². The zero-order valence-corrected chi connectivity index (χ0v) is 21.4. The molecule has 220 valence electrons. The van der Waals surface area contributed by atoms with Crippen molar-refractivity contribution >= 4 is 60.3 Å². The Labute approximate surface area is 226 Å². The van der Waals surface area contributed by atoms with Gasteiger partial charge in [0.1, 0.15) is 24.2 Å². The number of rotatable bonds is 19. The molecule has 1 unspecified atom stereocenters. The summed E-state index contributed by atoms with van der Waals surface area (Å²) < 4.78 is 0. The van der Waals surface area contributed by atoms with Crippen molar-refractivity contribution in [3.8, 4) is 0 Å². The van der Waals surface area contributed by atoms with Crippen LogP contribution >= 0.6 is 12.6 Å². The molecule has 0 aliphatic carbocycles. The van der Waals surface area contributed by atoms with Gasteiger partial charge in [0.25, 0.3) is 0 Å². The highest BCUT2D eigenvalue weighted by Gasteiger charge is 2.27. The zero-order chi connectivity index (χ0) is 30.1. The number of carbonyl (C=O) groups excluding carboxylic acids is 4. The number of urea groups is 1. The molecule has 18 nitrogen and oxygen atoms in total. The summed E-state index contributed by atoms with van der Waals surface area (Å²) >= 11 is 3.90. The Morgan fingerprint density at radius 2 is 1.23 bits per heavy atom. The largest absolute Gasteiger partial charge is 0.481 e. The third kappa shape index (κ3) is 15.7. The lowest BCUT2D eigenvalue weighted by atomic mass is 10.1. The Bertz CT molecular complexity index is 933. The van der Waals surface area contributed by atoms with Crippen molar-refractivity contribution in [1.82, 2.24) is 26.6 Å². The summed E-state index contributed by atoms with van der Waals surface area (Å²) in [7, 11) is 0. The van der Waals surface area contributed by atoms with Crippen LogP contribution in [0.1, 0.15) is 32.1 Å². The second-order valence-electron chi connectivity index (χ2n) is 7.95. The Hall–Kier alpha value is -4.13. The van der Waals surface area contributed by atoms with E-state index in [9.17, 15) is 43.5 Å². The van der Waals surface area contributed by atoms with Crippen molar-refractivity contribution < 1.29 is 58.8 Å². The van der Waals surface area contributed by atoms with E-state index in [0.717, 1.165) is 0 Å². The number of carboxylic acid groups (broad SMARTS) is 4. The van der Waals surface area contributed by atoms with Gasteiger partial charge in [-0.2, -0.15) is 12.6 Å². The molecule has 0 saturated carbocycles. The first-order chi connectivity index (χ1) is 18.2. The van der Waals surface area contributed by atoms with Crippen molar-refractivity contribution in [3.63, 3.8) is 0 Å². The van der Waals surface area contributed by atoms with Gasteiger partial charge in [-0.1, -0.05) is 0 Å². The first-order valence-corrected chi connectivity index (χ1v) is 12.0. The van der Waals surface area contributed by atoms with Crippen LogP contribution in [0.4, 0.5) is 4.79 Å². The van der Waals surface area contributed by atoms with Crippen molar-refractivity contribution in [3.05, 3.63) is 0 Å². The topological polar surface area (TPSA) is 304 Å². The van der Waals surface area contributed by atoms with Crippen LogP contribution in [0.3, 0.4) is 0 Å². The lowest BCUT2D eigenvalue weighted by molar-refractivity contribution is -0.141. The predicted molar refractivity (Wildman–Crippen MR) is 133 cm³/mol. The summed E-state index contributed by atoms with van der Waals surface area (Å²) in [6.07, 6.45) is -2.67. The van der Waals surface area contributed by atoms with E-state index < -0.39 is 110 Å². The molecular weight excluding hydrogens is 548 g/mol. The highest BCUT2D eigenvalue weighted by Crippen LogP contribution is 2.01. The minimum atomic E-state index is -1.63. The molecule has 0 bridgehead atoms. The summed E-state index contributed by atoms with van der Waals surface area (Å²) in [6, 6.07) is -7.28. The lowest BCUT2D eigenvalue weighted by Crippen LogP contribution is -2.55. The maximum Gasteiger partial charge on any atom is 0.326 e. The van der Waals surface area contributed by atoms with Crippen LogP contribution in [0.5, 0.6) is 0 Å². The van der Waals surface area contributed by atoms with Crippen LogP contribution in [-0.4, -0.2) is 111 Å². The molecule has 0 heterocycles. The van der Waals surface area contributed by atoms with E-state index >= 15 is 0 Å². The highest BCUT2D eigenvalue weighted by molar-refractivity contribution is 7.80. The molecule has 0 radical (unpaired) electrons. The van der Waals surface area contributed by atoms with E-state index in [0.29, 0.717) is 0 Å². The molecule has 0 saturated heterocycles. The van der Waals surface area contributed by atoms with E-state index in [-0.39, 0.29) is 12.3 Å². The maximum atomic E-state index is 12.2. The molecule has 0 aromatic heterocycles. The first kappa shape index (κ1) is 34.9. The monoisotopic (exact) mass is 580 g/mol. The number of thiol groups is 1. The lowest BCUT2D eigenvalue weighted by Gasteiger charge is -2.20. The molecule has 4 atom stereocenters. The number of amides is 5. The average Bonchev–Trinajstić information content (AvgIpc) is 2.84. The van der Waals surface area contributed by atoms with Crippen LogP contribution in [0.15, 0.2) is 0 Å². The minimum Gasteiger partial charge on any atom is -0.481 e. The Morgan fingerprint density at radius 3 is 1.69 bits per heavy atom. The van der Waals surface area contributed by atoms with Gasteiger partial charge in [0.15, 0.2) is 0 Å². The molecule has 0 aliphatic rings. The van der Waals surface area contributed by atoms with Crippen molar-refractivity contribution in [2.45, 2.75) is 56.3 Å². The second-order valence-corrected chi connectivity index (χ2v) is 8.40. The molecule has 0 aromatic rings. The summed E-state index contributed by atoms with van der Waals surface area (Å²) in [5, 5.41) is 46.6. The molecule has 0 fully saturated rings. The Balaban J connectivity index is 4.81. The quantitative estimate of drug-likeness (QED) is 0.0656. The third-order valence-electron chi connectivity index (χ3n) is 4.79. The standard InChI is InChI=1S/C20H32N6O12S/c21-9(16(32)24-12(7-15(30)31)17(33)22-5-6-39)8-23-13(27)3-1-10(18(34)35)25-20(38)26-11(19(36)37)2-4-14(28)29/h9-12,39H,1-8,21H2,(H,22,33)(H,23,27)(H,24,32)(H,28,29)(H,30,31)(H,34,35)(H,36,37)(H2,25,26,38)/t9-,10?,11-,12-/m0/s1. The Kier molecular flexibility index (Phi) is 16.3. The van der Waals surface area contributed by atoms with Gasteiger partial charge in [-0.05, 0) is 12.8 Å². The number of carboxylic acids is 4. The number of nitrogens with two attached hydrogens (primary N) is 1. The van der Waals surface area contributed by atoms with E-state index in [1.165, 1.54) is 0 Å². The summed E-state index contributed by atoms with van der Waals surface area (Å²) in [5.41, 5.74) is 5.67. The average molecular weight is 581 g/mol. The number of aliphatic carboxylic acids is 4. The molecule has 11 N–H and O–H groups in total. The summed E-state index contributed by atoms with van der Waals surface area (Å²) in [4.78, 5) is 92.5. The van der Waals surface area contributed by atoms with Gasteiger partial charge in [-0.25, -0.2) is 14.4 Å². The second kappa shape index (κ2) is 18.2. The van der Waals surface area contributed by atoms with Gasteiger partial charge in [0, 0.05) is 31.7 Å². The molecule has 19 heteroatoms. The fraction of sp³-hybridized carbons (Fsp3) is 0.600. The normalized spacial score (nSPS) is 13.5. The van der Waals surface area contributed by atoms with Gasteiger partial charge in [0.2, 0.25) is 17.7 Å². The van der Waals surface area contributed by atoms with Gasteiger partial charge >= 0.3 is 29.9 Å². The number of carbonyl (C=O) groups is 8. The van der Waals surface area contributed by atoms with Crippen molar-refractivity contribution in [2.24, 2.45) is 5.73 Å². The number of hydrogen-bond acceptors (Lipinski definition) is 10. The van der Waals surface area contributed by atoms with Crippen molar-refractivity contribution in [2.75, 3.05) is 18.8 Å². The number of nitrogens with one attached hydrogen (secondary N) is 5. The maximum absolute atomic E-state index is 12.2. The Morgan fingerprint density at radius 1 is 0.692 bits per heavy atom. The van der Waals surface area contributed by atoms with Crippen LogP contribution in [0.25, 0.3) is 0 Å². The smallest absolute Gasteiger partial charge is 0.326 e. The molecule has 0 aromatic carbocycles. The van der Waals surface area contributed by atoms with Crippen molar-refractivity contribution in [1.29, 1.82) is 0 Å². The van der Waals surface area contributed by atoms with Crippen LogP contribution < -0.4 is 32.3 Å². The minimum absolute atomic E-state index is 0.120. The molecule has 39 heavy (non-hydrogen) atoms. The van der Waals surface area contributed by atoms with Gasteiger partial charge < -0.3 is 52.7 Å². The predicted octanol–water partition coefficient (Wildman–Crippen LogP) is -3.71. The molecule has 0 aliphatic heterocycles. The van der Waals surface area contributed by atoms with E-state index in [1.807, 2.05) is 10.6 Å². The van der Waals surface area contributed by atoms with Crippen LogP contribution in [-0.2, 0) is 33.6 Å². The zero-order valence-electron chi connectivity index (χ0n) is 20.5. The summed E-state index contributed by atoms with van der Waals surface area (Å²) in [5.74, 6) is -7.97. The van der Waals surface area contributed by atoms with Gasteiger partial charge in [-0.3, -0.25) is 24.0 Å². The first-order valence-electron chi connectivity index (χ1n) is 11.3. The highest BCUT2D eigenvalue weighted by atomic mass is 32.1. The fourth-order valence-electron chi connectivity index (χ4n) is 2.79.